The van der Waals surface area contributed by atoms with Crippen LogP contribution in [0.25, 0.3) is 11.1 Å². The molecule has 1 aliphatic rings. The minimum atomic E-state index is -2.74. The van der Waals surface area contributed by atoms with Gasteiger partial charge in [-0.1, -0.05) is 70.5 Å². The van der Waals surface area contributed by atoms with Crippen LogP contribution in [0.1, 0.15) is 0 Å². The second kappa shape index (κ2) is 4.69. The summed E-state index contributed by atoms with van der Waals surface area (Å²) in [5.74, 6) is 0. The van der Waals surface area contributed by atoms with Crippen molar-refractivity contribution in [1.29, 1.82) is 0 Å². The summed E-state index contributed by atoms with van der Waals surface area (Å²) in [5, 5.41) is 2.79. The second-order valence-corrected chi connectivity index (χ2v) is 8.74. The van der Waals surface area contributed by atoms with Crippen LogP contribution in [0.2, 0.25) is 0 Å². The van der Waals surface area contributed by atoms with Gasteiger partial charge in [-0.05, 0) is 29.3 Å². The van der Waals surface area contributed by atoms with Gasteiger partial charge in [0.25, 0.3) is 0 Å². The van der Waals surface area contributed by atoms with Gasteiger partial charge in [-0.3, -0.25) is 0 Å². The zero-order valence-electron chi connectivity index (χ0n) is 11.2. The van der Waals surface area contributed by atoms with E-state index in [1.54, 1.807) is 0 Å². The highest BCUT2D eigenvalue weighted by Crippen LogP contribution is 2.52. The normalized spacial score (nSPS) is 19.1. The summed E-state index contributed by atoms with van der Waals surface area (Å²) in [6.07, 6.45) is 0. The number of hydrogen-bond acceptors (Lipinski definition) is 1. The van der Waals surface area contributed by atoms with Crippen LogP contribution in [0.15, 0.2) is 77.3 Å². The Hall–Kier alpha value is -1.63. The van der Waals surface area contributed by atoms with Crippen molar-refractivity contribution in [2.45, 2.75) is 0 Å². The third-order valence-electron chi connectivity index (χ3n) is 3.95. The lowest BCUT2D eigenvalue weighted by Crippen LogP contribution is -2.20. The summed E-state index contributed by atoms with van der Waals surface area (Å²) in [6, 6.07) is 23.9. The minimum Gasteiger partial charge on any atom is -0.309 e. The highest BCUT2D eigenvalue weighted by Gasteiger charge is 2.39. The monoisotopic (exact) mass is 354 g/mol. The first-order chi connectivity index (χ1) is 10.2. The Labute approximate surface area is 132 Å². The Bertz CT molecular complexity index is 887. The molecule has 0 spiro atoms. The van der Waals surface area contributed by atoms with Crippen molar-refractivity contribution in [2.24, 2.45) is 0 Å². The van der Waals surface area contributed by atoms with Crippen molar-refractivity contribution < 1.29 is 4.57 Å². The highest BCUT2D eigenvalue weighted by atomic mass is 79.9. The molecule has 1 aliphatic heterocycles. The van der Waals surface area contributed by atoms with Crippen LogP contribution in [0.5, 0.6) is 0 Å². The Balaban J connectivity index is 2.13. The van der Waals surface area contributed by atoms with E-state index in [0.717, 1.165) is 31.5 Å². The molecule has 4 rings (SSSR count). The van der Waals surface area contributed by atoms with Crippen molar-refractivity contribution in [3.8, 4) is 11.1 Å². The molecule has 0 bridgehead atoms. The van der Waals surface area contributed by atoms with Crippen LogP contribution in [-0.2, 0) is 4.57 Å². The Morgan fingerprint density at radius 3 is 2.19 bits per heavy atom. The first kappa shape index (κ1) is 13.1. The molecule has 0 saturated heterocycles. The van der Waals surface area contributed by atoms with Gasteiger partial charge in [-0.15, -0.1) is 0 Å². The predicted octanol–water partition coefficient (Wildman–Crippen LogP) is 4.07. The fourth-order valence-corrected chi connectivity index (χ4v) is 6.43. The summed E-state index contributed by atoms with van der Waals surface area (Å²) >= 11 is 3.52. The molecule has 0 aromatic heterocycles. The van der Waals surface area contributed by atoms with E-state index in [1.807, 2.05) is 60.7 Å². The molecule has 3 aromatic rings. The lowest BCUT2D eigenvalue weighted by Gasteiger charge is -2.15. The highest BCUT2D eigenvalue weighted by molar-refractivity contribution is 9.10. The van der Waals surface area contributed by atoms with Crippen molar-refractivity contribution in [3.63, 3.8) is 0 Å². The molecule has 0 N–H and O–H groups in total. The topological polar surface area (TPSA) is 17.1 Å². The molecule has 0 amide bonds. The molecule has 1 unspecified atom stereocenters. The van der Waals surface area contributed by atoms with Crippen LogP contribution in [-0.4, -0.2) is 0 Å². The molecular weight excluding hydrogens is 343 g/mol. The van der Waals surface area contributed by atoms with Crippen molar-refractivity contribution in [1.82, 2.24) is 0 Å². The molecule has 3 heteroatoms. The van der Waals surface area contributed by atoms with E-state index < -0.39 is 7.14 Å². The van der Waals surface area contributed by atoms with E-state index >= 15 is 0 Å². The van der Waals surface area contributed by atoms with Gasteiger partial charge in [0.2, 0.25) is 0 Å². The standard InChI is InChI=1S/C18H12BrOP/c19-13-10-11-18-16(12-13)15-8-4-5-9-17(15)21(18,20)14-6-2-1-3-7-14/h1-12H. The molecule has 1 heterocycles. The average Bonchev–Trinajstić information content (AvgIpc) is 2.79. The molecule has 1 atom stereocenters. The summed E-state index contributed by atoms with van der Waals surface area (Å²) in [4.78, 5) is 0. The molecule has 1 nitrogen and oxygen atoms in total. The molecule has 0 radical (unpaired) electrons. The number of benzene rings is 3. The smallest absolute Gasteiger partial charge is 0.172 e. The number of halogens is 1. The van der Waals surface area contributed by atoms with E-state index in [2.05, 4.69) is 28.1 Å². The molecular formula is C18H12BrOP. The Morgan fingerprint density at radius 2 is 1.38 bits per heavy atom. The lowest BCUT2D eigenvalue weighted by atomic mass is 10.1. The second-order valence-electron chi connectivity index (χ2n) is 5.12. The van der Waals surface area contributed by atoms with Crippen molar-refractivity contribution in [2.75, 3.05) is 0 Å². The Kier molecular flexibility index (Phi) is 2.92. The van der Waals surface area contributed by atoms with E-state index in [9.17, 15) is 4.57 Å². The summed E-state index contributed by atoms with van der Waals surface area (Å²) in [7, 11) is -2.74. The largest absolute Gasteiger partial charge is 0.309 e. The van der Waals surface area contributed by atoms with Crippen molar-refractivity contribution >= 4 is 39.0 Å². The molecule has 3 aromatic carbocycles. The van der Waals surface area contributed by atoms with Crippen LogP contribution in [0.3, 0.4) is 0 Å². The average molecular weight is 355 g/mol. The Morgan fingerprint density at radius 1 is 0.714 bits per heavy atom. The van der Waals surface area contributed by atoms with Gasteiger partial charge >= 0.3 is 0 Å². The molecule has 102 valence electrons. The van der Waals surface area contributed by atoms with E-state index in [4.69, 9.17) is 0 Å². The number of rotatable bonds is 1. The van der Waals surface area contributed by atoms with Gasteiger partial charge in [0, 0.05) is 20.4 Å². The first-order valence-electron chi connectivity index (χ1n) is 6.77. The molecule has 0 aliphatic carbocycles. The maximum absolute atomic E-state index is 14.0. The van der Waals surface area contributed by atoms with Crippen LogP contribution in [0.4, 0.5) is 0 Å². The zero-order valence-corrected chi connectivity index (χ0v) is 13.6. The summed E-state index contributed by atoms with van der Waals surface area (Å²) in [6.45, 7) is 0. The minimum absolute atomic E-state index is 0.901. The quantitative estimate of drug-likeness (QED) is 0.471. The third-order valence-corrected chi connectivity index (χ3v) is 7.61. The third kappa shape index (κ3) is 1.79. The maximum Gasteiger partial charge on any atom is 0.172 e. The molecule has 21 heavy (non-hydrogen) atoms. The SMILES string of the molecule is O=P1(c2ccccc2)c2ccccc2-c2cc(Br)ccc21. The molecule has 0 saturated carbocycles. The van der Waals surface area contributed by atoms with E-state index in [1.165, 1.54) is 0 Å². The van der Waals surface area contributed by atoms with Crippen LogP contribution in [0, 0.1) is 0 Å². The lowest BCUT2D eigenvalue weighted by molar-refractivity contribution is 0.593. The van der Waals surface area contributed by atoms with Gasteiger partial charge in [0.15, 0.2) is 7.14 Å². The number of fused-ring (bicyclic) bond motifs is 3. The van der Waals surface area contributed by atoms with Gasteiger partial charge in [0.1, 0.15) is 0 Å². The van der Waals surface area contributed by atoms with Crippen molar-refractivity contribution in [3.05, 3.63) is 77.3 Å². The zero-order chi connectivity index (χ0) is 14.4. The van der Waals surface area contributed by atoms with Gasteiger partial charge < -0.3 is 4.57 Å². The number of hydrogen-bond donors (Lipinski definition) is 0. The molecule has 0 fully saturated rings. The van der Waals surface area contributed by atoms with Crippen LogP contribution < -0.4 is 15.9 Å². The first-order valence-corrected chi connectivity index (χ1v) is 9.27. The fourth-order valence-electron chi connectivity index (χ4n) is 3.02. The van der Waals surface area contributed by atoms with Gasteiger partial charge in [0.05, 0.1) is 0 Å². The fraction of sp³-hybridized carbons (Fsp3) is 0. The summed E-state index contributed by atoms with van der Waals surface area (Å²) in [5.41, 5.74) is 2.16. The maximum atomic E-state index is 14.0. The van der Waals surface area contributed by atoms with Gasteiger partial charge in [-0.25, -0.2) is 0 Å². The van der Waals surface area contributed by atoms with Gasteiger partial charge in [-0.2, -0.15) is 0 Å². The summed E-state index contributed by atoms with van der Waals surface area (Å²) < 4.78 is 15.0. The van der Waals surface area contributed by atoms with E-state index in [0.29, 0.717) is 0 Å². The predicted molar refractivity (Wildman–Crippen MR) is 92.5 cm³/mol. The van der Waals surface area contributed by atoms with Crippen LogP contribution >= 0.6 is 23.1 Å². The van der Waals surface area contributed by atoms with E-state index in [-0.39, 0.29) is 0 Å².